The number of likely N-dealkylation sites (tertiary alicyclic amines) is 1. The first-order chi connectivity index (χ1) is 10.1. The summed E-state index contributed by atoms with van der Waals surface area (Å²) in [4.78, 5) is 16.7. The molecule has 0 radical (unpaired) electrons. The lowest BCUT2D eigenvalue weighted by Gasteiger charge is -2.22. The van der Waals surface area contributed by atoms with E-state index in [2.05, 4.69) is 17.1 Å². The number of carbonyl (C=O) groups is 1. The van der Waals surface area contributed by atoms with Gasteiger partial charge in [-0.25, -0.2) is 0 Å². The van der Waals surface area contributed by atoms with Crippen LogP contribution < -0.4 is 5.32 Å². The highest BCUT2D eigenvalue weighted by molar-refractivity contribution is 5.94. The van der Waals surface area contributed by atoms with Crippen molar-refractivity contribution in [3.63, 3.8) is 0 Å². The van der Waals surface area contributed by atoms with Gasteiger partial charge >= 0.3 is 0 Å². The fraction of sp³-hybridized carbons (Fsp3) is 0.588. The molecule has 0 saturated carbocycles. The van der Waals surface area contributed by atoms with Gasteiger partial charge in [0.15, 0.2) is 0 Å². The molecule has 1 heterocycles. The van der Waals surface area contributed by atoms with Gasteiger partial charge in [0, 0.05) is 37.9 Å². The smallest absolute Gasteiger partial charge is 0.253 e. The highest BCUT2D eigenvalue weighted by atomic mass is 16.2. The van der Waals surface area contributed by atoms with E-state index in [1.807, 2.05) is 37.1 Å². The van der Waals surface area contributed by atoms with Crippen molar-refractivity contribution in [3.8, 4) is 0 Å². The van der Waals surface area contributed by atoms with Crippen molar-refractivity contribution in [2.75, 3.05) is 45.1 Å². The van der Waals surface area contributed by atoms with E-state index >= 15 is 0 Å². The van der Waals surface area contributed by atoms with Crippen molar-refractivity contribution in [1.29, 1.82) is 0 Å². The maximum atomic E-state index is 12.5. The highest BCUT2D eigenvalue weighted by Crippen LogP contribution is 2.17. The molecule has 1 aromatic carbocycles. The van der Waals surface area contributed by atoms with Crippen LogP contribution in [-0.4, -0.2) is 55.5 Å². The Balaban J connectivity index is 1.93. The topological polar surface area (TPSA) is 35.6 Å². The maximum Gasteiger partial charge on any atom is 0.253 e. The van der Waals surface area contributed by atoms with Crippen molar-refractivity contribution in [3.05, 3.63) is 29.3 Å². The zero-order valence-electron chi connectivity index (χ0n) is 13.5. The predicted molar refractivity (Wildman–Crippen MR) is 88.0 cm³/mol. The van der Waals surface area contributed by atoms with Gasteiger partial charge in [-0.05, 0) is 63.5 Å². The van der Waals surface area contributed by atoms with E-state index in [1.165, 1.54) is 25.9 Å². The number of aryl methyl sites for hydroxylation is 1. The fourth-order valence-electron chi connectivity index (χ4n) is 2.81. The van der Waals surface area contributed by atoms with Gasteiger partial charge < -0.3 is 15.1 Å². The summed E-state index contributed by atoms with van der Waals surface area (Å²) in [5, 5.41) is 3.30. The maximum absolute atomic E-state index is 12.5. The Hall–Kier alpha value is -1.55. The van der Waals surface area contributed by atoms with E-state index < -0.39 is 0 Å². The average molecular weight is 289 g/mol. The number of rotatable bonds is 6. The molecule has 1 aliphatic rings. The van der Waals surface area contributed by atoms with E-state index in [4.69, 9.17) is 0 Å². The van der Waals surface area contributed by atoms with Crippen LogP contribution in [0.2, 0.25) is 0 Å². The van der Waals surface area contributed by atoms with Crippen LogP contribution >= 0.6 is 0 Å². The molecule has 0 unspecified atom stereocenters. The molecule has 1 saturated heterocycles. The third kappa shape index (κ3) is 4.21. The van der Waals surface area contributed by atoms with E-state index in [-0.39, 0.29) is 5.91 Å². The fourth-order valence-corrected chi connectivity index (χ4v) is 2.81. The van der Waals surface area contributed by atoms with Gasteiger partial charge in [-0.2, -0.15) is 0 Å². The summed E-state index contributed by atoms with van der Waals surface area (Å²) in [7, 11) is 1.89. The van der Waals surface area contributed by atoms with Crippen molar-refractivity contribution in [2.24, 2.45) is 0 Å². The lowest BCUT2D eigenvalue weighted by molar-refractivity contribution is 0.0782. The Morgan fingerprint density at radius 3 is 2.67 bits per heavy atom. The third-order valence-electron chi connectivity index (χ3n) is 4.14. The Morgan fingerprint density at radius 2 is 2.05 bits per heavy atom. The molecule has 1 aromatic rings. The summed E-state index contributed by atoms with van der Waals surface area (Å²) >= 11 is 0. The number of hydrogen-bond donors (Lipinski definition) is 1. The molecule has 1 amide bonds. The zero-order valence-corrected chi connectivity index (χ0v) is 13.5. The molecule has 4 nitrogen and oxygen atoms in total. The molecule has 0 aliphatic carbocycles. The molecule has 1 fully saturated rings. The first kappa shape index (κ1) is 15.8. The molecular formula is C17H27N3O. The Labute approximate surface area is 128 Å². The quantitative estimate of drug-likeness (QED) is 0.874. The van der Waals surface area contributed by atoms with Crippen LogP contribution in [-0.2, 0) is 0 Å². The van der Waals surface area contributed by atoms with Crippen LogP contribution in [0, 0.1) is 6.92 Å². The van der Waals surface area contributed by atoms with Crippen LogP contribution in [0.4, 0.5) is 5.69 Å². The minimum atomic E-state index is 0.111. The summed E-state index contributed by atoms with van der Waals surface area (Å²) in [5.41, 5.74) is 3.00. The standard InChI is InChI=1S/C17H27N3O/c1-4-18-16-8-7-15(13-14(16)2)17(21)19(3)11-12-20-9-5-6-10-20/h7-8,13,18H,4-6,9-12H2,1-3H3. The second kappa shape index (κ2) is 7.46. The minimum Gasteiger partial charge on any atom is -0.385 e. The third-order valence-corrected chi connectivity index (χ3v) is 4.14. The first-order valence-electron chi connectivity index (χ1n) is 7.94. The number of benzene rings is 1. The van der Waals surface area contributed by atoms with Crippen molar-refractivity contribution in [2.45, 2.75) is 26.7 Å². The van der Waals surface area contributed by atoms with E-state index in [1.54, 1.807) is 0 Å². The molecule has 1 aliphatic heterocycles. The number of hydrogen-bond acceptors (Lipinski definition) is 3. The largest absolute Gasteiger partial charge is 0.385 e. The molecule has 0 spiro atoms. The van der Waals surface area contributed by atoms with Crippen molar-refractivity contribution < 1.29 is 4.79 Å². The van der Waals surface area contributed by atoms with Gasteiger partial charge in [-0.1, -0.05) is 0 Å². The van der Waals surface area contributed by atoms with Gasteiger partial charge in [-0.15, -0.1) is 0 Å². The average Bonchev–Trinajstić information content (AvgIpc) is 2.99. The zero-order chi connectivity index (χ0) is 15.2. The Bertz CT molecular complexity index is 481. The van der Waals surface area contributed by atoms with Crippen LogP contribution in [0.3, 0.4) is 0 Å². The summed E-state index contributed by atoms with van der Waals surface area (Å²) < 4.78 is 0. The van der Waals surface area contributed by atoms with E-state index in [0.717, 1.165) is 36.4 Å². The highest BCUT2D eigenvalue weighted by Gasteiger charge is 2.16. The number of anilines is 1. The number of nitrogens with zero attached hydrogens (tertiary/aromatic N) is 2. The number of nitrogens with one attached hydrogen (secondary N) is 1. The molecule has 2 rings (SSSR count). The molecule has 0 bridgehead atoms. The molecule has 116 valence electrons. The number of amides is 1. The lowest BCUT2D eigenvalue weighted by Crippen LogP contribution is -2.35. The SMILES string of the molecule is CCNc1ccc(C(=O)N(C)CCN2CCCC2)cc1C. The summed E-state index contributed by atoms with van der Waals surface area (Å²) in [5.74, 6) is 0.111. The van der Waals surface area contributed by atoms with Crippen LogP contribution in [0.15, 0.2) is 18.2 Å². The van der Waals surface area contributed by atoms with Crippen molar-refractivity contribution in [1.82, 2.24) is 9.80 Å². The first-order valence-corrected chi connectivity index (χ1v) is 7.94. The second-order valence-electron chi connectivity index (χ2n) is 5.84. The number of carbonyl (C=O) groups excluding carboxylic acids is 1. The number of likely N-dealkylation sites (N-methyl/N-ethyl adjacent to an activating group) is 1. The van der Waals surface area contributed by atoms with Crippen LogP contribution in [0.25, 0.3) is 0 Å². The van der Waals surface area contributed by atoms with Crippen molar-refractivity contribution >= 4 is 11.6 Å². The van der Waals surface area contributed by atoms with E-state index in [0.29, 0.717) is 0 Å². The molecule has 21 heavy (non-hydrogen) atoms. The molecule has 4 heteroatoms. The molecule has 0 atom stereocenters. The normalized spacial score (nSPS) is 15.2. The van der Waals surface area contributed by atoms with E-state index in [9.17, 15) is 4.79 Å². The van der Waals surface area contributed by atoms with Gasteiger partial charge in [0.05, 0.1) is 0 Å². The van der Waals surface area contributed by atoms with Gasteiger partial charge in [0.2, 0.25) is 0 Å². The second-order valence-corrected chi connectivity index (χ2v) is 5.84. The summed E-state index contributed by atoms with van der Waals surface area (Å²) in [6, 6.07) is 5.90. The predicted octanol–water partition coefficient (Wildman–Crippen LogP) is 2.59. The Kier molecular flexibility index (Phi) is 5.62. The lowest BCUT2D eigenvalue weighted by atomic mass is 10.1. The monoisotopic (exact) mass is 289 g/mol. The summed E-state index contributed by atoms with van der Waals surface area (Å²) in [6.45, 7) is 9.15. The Morgan fingerprint density at radius 1 is 1.33 bits per heavy atom. The van der Waals surface area contributed by atoms with Crippen LogP contribution in [0.1, 0.15) is 35.7 Å². The minimum absolute atomic E-state index is 0.111. The van der Waals surface area contributed by atoms with Crippen LogP contribution in [0.5, 0.6) is 0 Å². The molecule has 0 aromatic heterocycles. The van der Waals surface area contributed by atoms with Gasteiger partial charge in [0.1, 0.15) is 0 Å². The van der Waals surface area contributed by atoms with Gasteiger partial charge in [0.25, 0.3) is 5.91 Å². The van der Waals surface area contributed by atoms with Gasteiger partial charge in [-0.3, -0.25) is 4.79 Å². The summed E-state index contributed by atoms with van der Waals surface area (Å²) in [6.07, 6.45) is 2.59. The molecule has 1 N–H and O–H groups in total. The molecular weight excluding hydrogens is 262 g/mol.